The van der Waals surface area contributed by atoms with Crippen molar-refractivity contribution < 1.29 is 19.1 Å². The molecule has 0 aromatic heterocycles. The van der Waals surface area contributed by atoms with E-state index in [9.17, 15) is 14.4 Å². The monoisotopic (exact) mass is 338 g/mol. The van der Waals surface area contributed by atoms with Crippen LogP contribution in [0.1, 0.15) is 47.7 Å². The fourth-order valence-corrected chi connectivity index (χ4v) is 2.43. The first-order valence-electron chi connectivity index (χ1n) is 8.38. The Morgan fingerprint density at radius 3 is 2.36 bits per heavy atom. The molecule has 2 rings (SSSR count). The third-order valence-electron chi connectivity index (χ3n) is 3.78. The van der Waals surface area contributed by atoms with E-state index in [0.717, 1.165) is 11.1 Å². The van der Waals surface area contributed by atoms with Crippen LogP contribution in [-0.4, -0.2) is 17.3 Å². The number of rotatable bonds is 9. The summed E-state index contributed by atoms with van der Waals surface area (Å²) in [7, 11) is 0. The minimum Gasteiger partial charge on any atom is -0.488 e. The minimum absolute atomic E-state index is 0.178. The maximum absolute atomic E-state index is 12.5. The lowest BCUT2D eigenvalue weighted by Gasteiger charge is -2.12. The molecular formula is C21H22O4. The molecule has 0 unspecified atom stereocenters. The first-order valence-corrected chi connectivity index (χ1v) is 8.38. The number of benzene rings is 2. The van der Waals surface area contributed by atoms with Gasteiger partial charge in [0.25, 0.3) is 0 Å². The van der Waals surface area contributed by atoms with E-state index in [4.69, 9.17) is 4.74 Å². The van der Waals surface area contributed by atoms with Gasteiger partial charge in [0.15, 0.2) is 11.6 Å². The maximum Gasteiger partial charge on any atom is 0.206 e. The van der Waals surface area contributed by atoms with Gasteiger partial charge in [0.2, 0.25) is 5.78 Å². The summed E-state index contributed by atoms with van der Waals surface area (Å²) in [6.07, 6.45) is 0.357. The SMILES string of the molecule is CCCC(=O)C(=O)CC(=O)c1cc(C)ccc1OCc1ccccc1. The Bertz CT molecular complexity index is 763. The van der Waals surface area contributed by atoms with Crippen LogP contribution in [0.4, 0.5) is 0 Å². The zero-order chi connectivity index (χ0) is 18.2. The number of carbonyl (C=O) groups is 3. The molecule has 4 nitrogen and oxygen atoms in total. The van der Waals surface area contributed by atoms with Gasteiger partial charge in [-0.2, -0.15) is 0 Å². The molecule has 4 heteroatoms. The van der Waals surface area contributed by atoms with Crippen LogP contribution in [0.25, 0.3) is 0 Å². The molecule has 0 radical (unpaired) electrons. The van der Waals surface area contributed by atoms with Crippen molar-refractivity contribution in [2.45, 2.75) is 39.7 Å². The van der Waals surface area contributed by atoms with Gasteiger partial charge < -0.3 is 4.74 Å². The van der Waals surface area contributed by atoms with E-state index in [1.807, 2.05) is 50.2 Å². The Labute approximate surface area is 147 Å². The minimum atomic E-state index is -0.637. The summed E-state index contributed by atoms with van der Waals surface area (Å²) in [5, 5.41) is 0. The largest absolute Gasteiger partial charge is 0.488 e. The van der Waals surface area contributed by atoms with Crippen LogP contribution >= 0.6 is 0 Å². The summed E-state index contributed by atoms with van der Waals surface area (Å²) in [4.78, 5) is 36.0. The molecule has 2 aromatic rings. The van der Waals surface area contributed by atoms with Gasteiger partial charge in [-0.3, -0.25) is 14.4 Å². The molecule has 0 fully saturated rings. The number of aryl methyl sites for hydroxylation is 1. The standard InChI is InChI=1S/C21H22O4/c1-3-7-18(22)20(24)13-19(23)17-12-15(2)10-11-21(17)25-14-16-8-5-4-6-9-16/h4-6,8-12H,3,7,13-14H2,1-2H3. The van der Waals surface area contributed by atoms with Gasteiger partial charge in [-0.15, -0.1) is 0 Å². The molecule has 0 atom stereocenters. The summed E-state index contributed by atoms with van der Waals surface area (Å²) in [6.45, 7) is 4.01. The Hall–Kier alpha value is -2.75. The molecule has 130 valence electrons. The topological polar surface area (TPSA) is 60.4 Å². The Morgan fingerprint density at radius 1 is 0.960 bits per heavy atom. The summed E-state index contributed by atoms with van der Waals surface area (Å²) >= 11 is 0. The van der Waals surface area contributed by atoms with Crippen molar-refractivity contribution in [2.75, 3.05) is 0 Å². The zero-order valence-corrected chi connectivity index (χ0v) is 14.6. The highest BCUT2D eigenvalue weighted by molar-refractivity contribution is 6.41. The quantitative estimate of drug-likeness (QED) is 0.392. The molecule has 0 bridgehead atoms. The summed E-state index contributed by atoms with van der Waals surface area (Å²) in [6, 6.07) is 14.9. The molecule has 0 saturated carbocycles. The van der Waals surface area contributed by atoms with Gasteiger partial charge in [-0.05, 0) is 31.0 Å². The summed E-state index contributed by atoms with van der Waals surface area (Å²) < 4.78 is 5.77. The van der Waals surface area contributed by atoms with Crippen molar-refractivity contribution in [3.63, 3.8) is 0 Å². The van der Waals surface area contributed by atoms with Crippen molar-refractivity contribution in [1.82, 2.24) is 0 Å². The molecule has 0 amide bonds. The van der Waals surface area contributed by atoms with Crippen LogP contribution in [0.15, 0.2) is 48.5 Å². The molecule has 0 N–H and O–H groups in total. The fraction of sp³-hybridized carbons (Fsp3) is 0.286. The van der Waals surface area contributed by atoms with Gasteiger partial charge in [0.05, 0.1) is 12.0 Å². The molecule has 0 aliphatic carbocycles. The van der Waals surface area contributed by atoms with Crippen LogP contribution in [0.3, 0.4) is 0 Å². The van der Waals surface area contributed by atoms with Crippen molar-refractivity contribution in [3.8, 4) is 5.75 Å². The first-order chi connectivity index (χ1) is 12.0. The number of carbonyl (C=O) groups excluding carboxylic acids is 3. The first kappa shape index (κ1) is 18.6. The van der Waals surface area contributed by atoms with Crippen LogP contribution in [-0.2, 0) is 16.2 Å². The molecule has 0 spiro atoms. The highest BCUT2D eigenvalue weighted by atomic mass is 16.5. The van der Waals surface area contributed by atoms with Gasteiger partial charge in [-0.1, -0.05) is 48.9 Å². The van der Waals surface area contributed by atoms with E-state index in [0.29, 0.717) is 24.3 Å². The van der Waals surface area contributed by atoms with E-state index in [1.54, 1.807) is 12.1 Å². The molecule has 0 aliphatic rings. The second-order valence-electron chi connectivity index (χ2n) is 5.97. The molecule has 0 heterocycles. The van der Waals surface area contributed by atoms with E-state index >= 15 is 0 Å². The zero-order valence-electron chi connectivity index (χ0n) is 14.6. The van der Waals surface area contributed by atoms with Gasteiger partial charge in [0.1, 0.15) is 12.4 Å². The maximum atomic E-state index is 12.5. The highest BCUT2D eigenvalue weighted by Crippen LogP contribution is 2.23. The lowest BCUT2D eigenvalue weighted by molar-refractivity contribution is -0.136. The normalized spacial score (nSPS) is 10.3. The molecule has 0 saturated heterocycles. The van der Waals surface area contributed by atoms with Gasteiger partial charge >= 0.3 is 0 Å². The third-order valence-corrected chi connectivity index (χ3v) is 3.78. The summed E-state index contributed by atoms with van der Waals surface area (Å²) in [5.41, 5.74) is 2.21. The second-order valence-corrected chi connectivity index (χ2v) is 5.97. The number of ketones is 3. The number of hydrogen-bond acceptors (Lipinski definition) is 4. The molecular weight excluding hydrogens is 316 g/mol. The average Bonchev–Trinajstić information content (AvgIpc) is 2.61. The predicted octanol–water partition coefficient (Wildman–Crippen LogP) is 4.09. The van der Waals surface area contributed by atoms with Crippen molar-refractivity contribution in [2.24, 2.45) is 0 Å². The second kappa shape index (κ2) is 8.92. The molecule has 0 aliphatic heterocycles. The number of hydrogen-bond donors (Lipinski definition) is 0. The lowest BCUT2D eigenvalue weighted by Crippen LogP contribution is -2.18. The lowest BCUT2D eigenvalue weighted by atomic mass is 10.00. The number of ether oxygens (including phenoxy) is 1. The summed E-state index contributed by atoms with van der Waals surface area (Å²) in [5.74, 6) is -1.09. The van der Waals surface area contributed by atoms with E-state index in [2.05, 4.69) is 0 Å². The Balaban J connectivity index is 2.13. The predicted molar refractivity (Wildman–Crippen MR) is 95.8 cm³/mol. The van der Waals surface area contributed by atoms with Gasteiger partial charge in [0, 0.05) is 6.42 Å². The fourth-order valence-electron chi connectivity index (χ4n) is 2.43. The van der Waals surface area contributed by atoms with Crippen molar-refractivity contribution in [1.29, 1.82) is 0 Å². The highest BCUT2D eigenvalue weighted by Gasteiger charge is 2.21. The van der Waals surface area contributed by atoms with Crippen molar-refractivity contribution in [3.05, 3.63) is 65.2 Å². The van der Waals surface area contributed by atoms with Crippen LogP contribution in [0, 0.1) is 6.92 Å². The third kappa shape index (κ3) is 5.38. The van der Waals surface area contributed by atoms with Crippen LogP contribution in [0.2, 0.25) is 0 Å². The van der Waals surface area contributed by atoms with Gasteiger partial charge in [-0.25, -0.2) is 0 Å². The van der Waals surface area contributed by atoms with E-state index < -0.39 is 18.0 Å². The van der Waals surface area contributed by atoms with E-state index in [1.165, 1.54) is 0 Å². The van der Waals surface area contributed by atoms with E-state index in [-0.39, 0.29) is 12.2 Å². The smallest absolute Gasteiger partial charge is 0.206 e. The van der Waals surface area contributed by atoms with Crippen LogP contribution < -0.4 is 4.74 Å². The Morgan fingerprint density at radius 2 is 1.68 bits per heavy atom. The average molecular weight is 338 g/mol. The molecule has 2 aromatic carbocycles. The Kier molecular flexibility index (Phi) is 6.63. The molecule has 25 heavy (non-hydrogen) atoms. The van der Waals surface area contributed by atoms with Crippen molar-refractivity contribution >= 4 is 17.3 Å². The number of Topliss-reactive ketones (excluding diaryl/α,β-unsaturated/α-hetero) is 3. The van der Waals surface area contributed by atoms with Crippen LogP contribution in [0.5, 0.6) is 5.75 Å².